The number of carbonyl (C=O) groups excluding carboxylic acids is 2. The number of amides is 2. The molecule has 0 aliphatic heterocycles. The maximum atomic E-state index is 12.1. The van der Waals surface area contributed by atoms with E-state index in [-0.39, 0.29) is 24.5 Å². The molecule has 0 saturated heterocycles. The molecule has 0 fully saturated rings. The van der Waals surface area contributed by atoms with E-state index >= 15 is 0 Å². The number of rotatable bonds is 9. The van der Waals surface area contributed by atoms with Gasteiger partial charge in [0.2, 0.25) is 0 Å². The van der Waals surface area contributed by atoms with Crippen LogP contribution in [0.4, 0.5) is 4.79 Å². The van der Waals surface area contributed by atoms with Crippen molar-refractivity contribution >= 4 is 25.2 Å². The highest BCUT2D eigenvalue weighted by atomic mass is 16.5. The molecule has 0 spiro atoms. The molecule has 0 radical (unpaired) electrons. The summed E-state index contributed by atoms with van der Waals surface area (Å²) >= 11 is 0. The maximum absolute atomic E-state index is 12.1. The van der Waals surface area contributed by atoms with Crippen molar-refractivity contribution < 1.29 is 24.4 Å². The third-order valence-corrected chi connectivity index (χ3v) is 4.88. The molecule has 2 aromatic carbocycles. The number of nitrogens with zero attached hydrogens (tertiary/aromatic N) is 2. The van der Waals surface area contributed by atoms with Crippen molar-refractivity contribution in [2.45, 2.75) is 25.7 Å². The molecule has 2 rings (SSSR count). The van der Waals surface area contributed by atoms with Crippen LogP contribution in [0.25, 0.3) is 6.08 Å². The zero-order valence-corrected chi connectivity index (χ0v) is 19.0. The lowest BCUT2D eigenvalue weighted by atomic mass is 9.76. The summed E-state index contributed by atoms with van der Waals surface area (Å²) in [5.41, 5.74) is 3.50. The fraction of sp³-hybridized carbons (Fsp3) is 0.292. The molecular formula is C24H28BN3O5. The number of hydrogen-bond donors (Lipinski definition) is 3. The second-order valence-corrected chi connectivity index (χ2v) is 7.85. The van der Waals surface area contributed by atoms with Crippen LogP contribution in [-0.2, 0) is 22.4 Å². The Labute approximate surface area is 194 Å². The fourth-order valence-electron chi connectivity index (χ4n) is 3.05. The zero-order valence-electron chi connectivity index (χ0n) is 19.0. The van der Waals surface area contributed by atoms with Crippen molar-refractivity contribution in [1.29, 1.82) is 5.26 Å². The minimum atomic E-state index is -1.73. The largest absolute Gasteiger partial charge is 0.475 e. The first kappa shape index (κ1) is 25.7. The lowest BCUT2D eigenvalue weighted by Crippen LogP contribution is -2.48. The van der Waals surface area contributed by atoms with Crippen LogP contribution in [0.15, 0.2) is 54.1 Å². The normalized spacial score (nSPS) is 11.8. The van der Waals surface area contributed by atoms with E-state index in [1.54, 1.807) is 32.3 Å². The van der Waals surface area contributed by atoms with E-state index in [0.717, 1.165) is 16.7 Å². The summed E-state index contributed by atoms with van der Waals surface area (Å²) in [6, 6.07) is 16.7. The molecule has 3 N–H and O–H groups in total. The highest BCUT2D eigenvalue weighted by molar-refractivity contribution is 6.43. The van der Waals surface area contributed by atoms with Crippen LogP contribution in [0.3, 0.4) is 0 Å². The minimum absolute atomic E-state index is 0.0231. The van der Waals surface area contributed by atoms with Gasteiger partial charge in [-0.2, -0.15) is 5.26 Å². The molecule has 2 amide bonds. The van der Waals surface area contributed by atoms with Crippen LogP contribution in [0, 0.1) is 18.3 Å². The number of carbonyl (C=O) groups is 2. The smallest absolute Gasteiger partial charge is 0.449 e. The van der Waals surface area contributed by atoms with E-state index in [4.69, 9.17) is 4.74 Å². The van der Waals surface area contributed by atoms with Gasteiger partial charge in [-0.05, 0) is 36.1 Å². The van der Waals surface area contributed by atoms with Crippen molar-refractivity contribution in [2.75, 3.05) is 20.7 Å². The average molecular weight is 449 g/mol. The first-order valence-electron chi connectivity index (χ1n) is 10.5. The van der Waals surface area contributed by atoms with Gasteiger partial charge in [0.15, 0.2) is 0 Å². The summed E-state index contributed by atoms with van der Waals surface area (Å²) in [6.07, 6.45) is 1.41. The highest BCUT2D eigenvalue weighted by Crippen LogP contribution is 2.12. The summed E-state index contributed by atoms with van der Waals surface area (Å²) in [6.45, 7) is 2.02. The van der Waals surface area contributed by atoms with Crippen molar-refractivity contribution in [3.05, 3.63) is 76.4 Å². The summed E-state index contributed by atoms with van der Waals surface area (Å²) in [5, 5.41) is 30.9. The molecule has 2 aromatic rings. The molecule has 1 atom stereocenters. The summed E-state index contributed by atoms with van der Waals surface area (Å²) in [7, 11) is 1.42. The van der Waals surface area contributed by atoms with Crippen molar-refractivity contribution in [1.82, 2.24) is 10.2 Å². The highest BCUT2D eigenvalue weighted by Gasteiger charge is 2.26. The van der Waals surface area contributed by atoms with Crippen molar-refractivity contribution in [3.8, 4) is 6.07 Å². The second-order valence-electron chi connectivity index (χ2n) is 7.85. The van der Waals surface area contributed by atoms with Gasteiger partial charge in [0.25, 0.3) is 5.91 Å². The molecule has 0 unspecified atom stereocenters. The molecule has 0 heterocycles. The topological polar surface area (TPSA) is 123 Å². The number of likely N-dealkylation sites (N-methyl/N-ethyl adjacent to an activating group) is 1. The van der Waals surface area contributed by atoms with Crippen LogP contribution in [-0.4, -0.2) is 60.7 Å². The van der Waals surface area contributed by atoms with E-state index in [1.165, 1.54) is 11.0 Å². The van der Waals surface area contributed by atoms with Gasteiger partial charge in [0.1, 0.15) is 11.6 Å². The standard InChI is InChI=1S/C24H28BN3O5/c1-17-7-9-19(10-8-17)15-22(25(31)32)27-24(30)33-12-11-18-5-4-6-20(13-18)14-21(16-26)23(29)28(2)3/h4-10,13-14,22,31-32H,11-12,15H2,1-3H3,(H,27,30)/t22-/m0/s1. The number of benzene rings is 2. The molecule has 172 valence electrons. The van der Waals surface area contributed by atoms with Crippen molar-refractivity contribution in [2.24, 2.45) is 0 Å². The van der Waals surface area contributed by atoms with Gasteiger partial charge < -0.3 is 25.0 Å². The Morgan fingerprint density at radius 2 is 1.88 bits per heavy atom. The average Bonchev–Trinajstić information content (AvgIpc) is 2.78. The molecule has 0 bridgehead atoms. The Hall–Kier alpha value is -3.61. The van der Waals surface area contributed by atoms with Gasteiger partial charge in [-0.25, -0.2) is 4.79 Å². The van der Waals surface area contributed by atoms with E-state index in [0.29, 0.717) is 12.0 Å². The van der Waals surface area contributed by atoms with E-state index < -0.39 is 19.2 Å². The minimum Gasteiger partial charge on any atom is -0.449 e. The van der Waals surface area contributed by atoms with Crippen LogP contribution >= 0.6 is 0 Å². The van der Waals surface area contributed by atoms with Crippen LogP contribution < -0.4 is 5.32 Å². The SMILES string of the molecule is Cc1ccc(C[C@H](NC(=O)OCCc2cccc(C=C(C#N)C(=O)N(C)C)c2)B(O)O)cc1. The molecule has 0 saturated carbocycles. The Morgan fingerprint density at radius 1 is 1.18 bits per heavy atom. The fourth-order valence-corrected chi connectivity index (χ4v) is 3.05. The zero-order chi connectivity index (χ0) is 24.4. The van der Waals surface area contributed by atoms with Crippen molar-refractivity contribution in [3.63, 3.8) is 0 Å². The molecule has 0 aliphatic carbocycles. The summed E-state index contributed by atoms with van der Waals surface area (Å²) in [5.74, 6) is -1.29. The Kier molecular flexibility index (Phi) is 9.67. The summed E-state index contributed by atoms with van der Waals surface area (Å²) < 4.78 is 5.19. The quantitative estimate of drug-likeness (QED) is 0.305. The lowest BCUT2D eigenvalue weighted by Gasteiger charge is -2.18. The predicted octanol–water partition coefficient (Wildman–Crippen LogP) is 1.88. The maximum Gasteiger partial charge on any atom is 0.475 e. The second kappa shape index (κ2) is 12.4. The van der Waals surface area contributed by atoms with Gasteiger partial charge in [-0.15, -0.1) is 0 Å². The Balaban J connectivity index is 1.91. The molecule has 0 aliphatic rings. The monoisotopic (exact) mass is 449 g/mol. The number of ether oxygens (including phenoxy) is 1. The third-order valence-electron chi connectivity index (χ3n) is 4.88. The number of aryl methyl sites for hydroxylation is 1. The number of nitriles is 1. The van der Waals surface area contributed by atoms with E-state index in [2.05, 4.69) is 5.32 Å². The molecule has 8 nitrogen and oxygen atoms in total. The first-order valence-corrected chi connectivity index (χ1v) is 10.5. The number of alkyl carbamates (subject to hydrolysis) is 1. The first-order chi connectivity index (χ1) is 15.7. The van der Waals surface area contributed by atoms with E-state index in [9.17, 15) is 24.9 Å². The molecule has 33 heavy (non-hydrogen) atoms. The molecule has 9 heteroatoms. The Bertz CT molecular complexity index is 1030. The number of nitrogens with one attached hydrogen (secondary N) is 1. The van der Waals surface area contributed by atoms with Gasteiger partial charge >= 0.3 is 13.2 Å². The molecule has 0 aromatic heterocycles. The predicted molar refractivity (Wildman–Crippen MR) is 126 cm³/mol. The van der Waals surface area contributed by atoms with Gasteiger partial charge in [-0.1, -0.05) is 54.1 Å². The molecular weight excluding hydrogens is 421 g/mol. The van der Waals surface area contributed by atoms with Crippen LogP contribution in [0.1, 0.15) is 22.3 Å². The van der Waals surface area contributed by atoms with Crippen LogP contribution in [0.5, 0.6) is 0 Å². The van der Waals surface area contributed by atoms with Crippen LogP contribution in [0.2, 0.25) is 0 Å². The number of hydrogen-bond acceptors (Lipinski definition) is 6. The van der Waals surface area contributed by atoms with Gasteiger partial charge in [0, 0.05) is 20.5 Å². The van der Waals surface area contributed by atoms with Gasteiger partial charge in [-0.3, -0.25) is 4.79 Å². The Morgan fingerprint density at radius 3 is 2.48 bits per heavy atom. The van der Waals surface area contributed by atoms with Gasteiger partial charge in [0.05, 0.1) is 12.5 Å². The summed E-state index contributed by atoms with van der Waals surface area (Å²) in [4.78, 5) is 25.5. The van der Waals surface area contributed by atoms with E-state index in [1.807, 2.05) is 43.3 Å². The third kappa shape index (κ3) is 8.45. The lowest BCUT2D eigenvalue weighted by molar-refractivity contribution is -0.124.